The number of rotatable bonds is 6. The second kappa shape index (κ2) is 9.33. The largest absolute Gasteiger partial charge is 0.384 e. The fourth-order valence-electron chi connectivity index (χ4n) is 3.78. The number of sulfone groups is 1. The lowest BCUT2D eigenvalue weighted by Gasteiger charge is -2.26. The predicted octanol–water partition coefficient (Wildman–Crippen LogP) is 1.97. The number of nitrogens with two attached hydrogens (primary N) is 1. The number of aromatic nitrogens is 3. The van der Waals surface area contributed by atoms with E-state index < -0.39 is 9.84 Å². The van der Waals surface area contributed by atoms with Crippen LogP contribution in [-0.2, 0) is 21.1 Å². The lowest BCUT2D eigenvalue weighted by Crippen LogP contribution is -2.37. The molecule has 0 unspecified atom stereocenters. The number of aryl methyl sites for hydroxylation is 1. The minimum absolute atomic E-state index is 0.0179. The molecule has 2 N–H and O–H groups in total. The number of anilines is 1. The van der Waals surface area contributed by atoms with Crippen LogP contribution in [0.5, 0.6) is 0 Å². The van der Waals surface area contributed by atoms with Crippen LogP contribution in [0.1, 0.15) is 17.8 Å². The van der Waals surface area contributed by atoms with Gasteiger partial charge in [-0.3, -0.25) is 4.90 Å². The van der Waals surface area contributed by atoms with Gasteiger partial charge in [-0.05, 0) is 30.7 Å². The molecule has 0 atom stereocenters. The number of halogens is 1. The maximum absolute atomic E-state index is 13.5. The van der Waals surface area contributed by atoms with E-state index in [0.717, 1.165) is 19.6 Å². The van der Waals surface area contributed by atoms with E-state index in [1.807, 2.05) is 6.07 Å². The van der Waals surface area contributed by atoms with Gasteiger partial charge in [-0.1, -0.05) is 11.6 Å². The number of fused-ring (bicyclic) bond motifs is 1. The van der Waals surface area contributed by atoms with Crippen molar-refractivity contribution in [3.05, 3.63) is 40.7 Å². The molecule has 12 heteroatoms. The number of hydrogen-bond acceptors (Lipinski definition) is 9. The summed E-state index contributed by atoms with van der Waals surface area (Å²) in [6.07, 6.45) is 0.665. The van der Waals surface area contributed by atoms with Gasteiger partial charge in [0, 0.05) is 31.2 Å². The summed E-state index contributed by atoms with van der Waals surface area (Å²) in [6.45, 7) is 4.11. The zero-order chi connectivity index (χ0) is 23.6. The summed E-state index contributed by atoms with van der Waals surface area (Å²) in [5.41, 5.74) is 6.01. The Bertz CT molecular complexity index is 1380. The van der Waals surface area contributed by atoms with Gasteiger partial charge in [0.1, 0.15) is 28.4 Å². The zero-order valence-corrected chi connectivity index (χ0v) is 19.1. The number of nitrogens with zero attached hydrogens (tertiary/aromatic N) is 6. The predicted molar refractivity (Wildman–Crippen MR) is 120 cm³/mol. The molecule has 33 heavy (non-hydrogen) atoms. The monoisotopic (exact) mass is 485 g/mol. The molecule has 0 spiro atoms. The van der Waals surface area contributed by atoms with E-state index in [1.54, 1.807) is 10.6 Å². The van der Waals surface area contributed by atoms with E-state index in [2.05, 4.69) is 14.9 Å². The Hall–Kier alpha value is -3.22. The number of nitrogen functional groups attached to an aromatic ring is 1. The second-order valence-electron chi connectivity index (χ2n) is 7.45. The number of benzene rings is 1. The minimum atomic E-state index is -4.11. The highest BCUT2D eigenvalue weighted by Crippen LogP contribution is 2.35. The Morgan fingerprint density at radius 2 is 1.70 bits per heavy atom. The number of morpholine rings is 1. The SMILES string of the molecule is N#Cc1nc2c(S(=O)(=O)c3ccc(Cl)cc3)c(N)n(CCCN3CCOCC3)c2nc1C#N. The molecule has 170 valence electrons. The van der Waals surface area contributed by atoms with E-state index in [4.69, 9.17) is 22.1 Å². The smallest absolute Gasteiger partial charge is 0.212 e. The lowest BCUT2D eigenvalue weighted by molar-refractivity contribution is 0.0370. The minimum Gasteiger partial charge on any atom is -0.384 e. The lowest BCUT2D eigenvalue weighted by atomic mass is 10.3. The van der Waals surface area contributed by atoms with Gasteiger partial charge in [-0.2, -0.15) is 10.5 Å². The number of nitriles is 2. The van der Waals surface area contributed by atoms with Crippen LogP contribution in [-0.4, -0.2) is 60.7 Å². The molecular formula is C21H20ClN7O3S. The van der Waals surface area contributed by atoms with Crippen LogP contribution in [0.25, 0.3) is 11.2 Å². The van der Waals surface area contributed by atoms with Gasteiger partial charge in [-0.25, -0.2) is 18.4 Å². The standard InChI is InChI=1S/C21H20ClN7O3S/c22-14-2-4-15(5-3-14)33(30,31)19-18-21(27-17(13-24)16(12-23)26-18)29(20(19)25)7-1-6-28-8-10-32-11-9-28/h2-5H,1,6-11,25H2. The Morgan fingerprint density at radius 3 is 2.33 bits per heavy atom. The third-order valence-electron chi connectivity index (χ3n) is 5.44. The van der Waals surface area contributed by atoms with Gasteiger partial charge < -0.3 is 15.0 Å². The molecule has 4 rings (SSSR count). The summed E-state index contributed by atoms with van der Waals surface area (Å²) in [5.74, 6) is -0.0408. The fraction of sp³-hybridized carbons (Fsp3) is 0.333. The third kappa shape index (κ3) is 4.36. The van der Waals surface area contributed by atoms with E-state index in [-0.39, 0.29) is 38.2 Å². The van der Waals surface area contributed by atoms with Crippen LogP contribution in [0, 0.1) is 22.7 Å². The number of hydrogen-bond donors (Lipinski definition) is 1. The van der Waals surface area contributed by atoms with Gasteiger partial charge >= 0.3 is 0 Å². The molecule has 2 aromatic heterocycles. The average Bonchev–Trinajstić information content (AvgIpc) is 3.10. The molecule has 3 heterocycles. The zero-order valence-electron chi connectivity index (χ0n) is 17.5. The van der Waals surface area contributed by atoms with Crippen LogP contribution >= 0.6 is 11.6 Å². The van der Waals surface area contributed by atoms with E-state index in [1.165, 1.54) is 24.3 Å². The highest BCUT2D eigenvalue weighted by atomic mass is 35.5. The van der Waals surface area contributed by atoms with E-state index in [9.17, 15) is 18.9 Å². The van der Waals surface area contributed by atoms with Gasteiger partial charge in [0.2, 0.25) is 9.84 Å². The van der Waals surface area contributed by atoms with Crippen LogP contribution in [0.3, 0.4) is 0 Å². The highest BCUT2D eigenvalue weighted by molar-refractivity contribution is 7.92. The van der Waals surface area contributed by atoms with Crippen molar-refractivity contribution in [2.75, 3.05) is 38.6 Å². The molecular weight excluding hydrogens is 466 g/mol. The van der Waals surface area contributed by atoms with Crippen molar-refractivity contribution in [3.8, 4) is 12.1 Å². The van der Waals surface area contributed by atoms with Crippen molar-refractivity contribution in [2.24, 2.45) is 0 Å². The molecule has 0 radical (unpaired) electrons. The van der Waals surface area contributed by atoms with Crippen molar-refractivity contribution in [1.29, 1.82) is 10.5 Å². The van der Waals surface area contributed by atoms with Crippen LogP contribution < -0.4 is 5.73 Å². The molecule has 3 aromatic rings. The Kier molecular flexibility index (Phi) is 6.49. The third-order valence-corrected chi connectivity index (χ3v) is 7.52. The van der Waals surface area contributed by atoms with Gasteiger partial charge in [0.25, 0.3) is 0 Å². The van der Waals surface area contributed by atoms with E-state index >= 15 is 0 Å². The molecule has 0 bridgehead atoms. The molecule has 1 aliphatic heterocycles. The molecule has 0 aliphatic carbocycles. The van der Waals surface area contributed by atoms with Gasteiger partial charge in [-0.15, -0.1) is 0 Å². The quantitative estimate of drug-likeness (QED) is 0.552. The maximum atomic E-state index is 13.5. The summed E-state index contributed by atoms with van der Waals surface area (Å²) in [4.78, 5) is 10.4. The molecule has 1 fully saturated rings. The van der Waals surface area contributed by atoms with Crippen molar-refractivity contribution in [3.63, 3.8) is 0 Å². The first-order chi connectivity index (χ1) is 15.9. The summed E-state index contributed by atoms with van der Waals surface area (Å²) >= 11 is 5.91. The summed E-state index contributed by atoms with van der Waals surface area (Å²) in [6, 6.07) is 9.33. The van der Waals surface area contributed by atoms with Gasteiger partial charge in [0.05, 0.1) is 18.1 Å². The van der Waals surface area contributed by atoms with E-state index in [0.29, 0.717) is 31.2 Å². The molecule has 10 nitrogen and oxygen atoms in total. The Labute approximate surface area is 195 Å². The Morgan fingerprint density at radius 1 is 1.06 bits per heavy atom. The maximum Gasteiger partial charge on any atom is 0.212 e. The average molecular weight is 486 g/mol. The van der Waals surface area contributed by atoms with Crippen molar-refractivity contribution >= 4 is 38.4 Å². The summed E-state index contributed by atoms with van der Waals surface area (Å²) in [5, 5.41) is 19.2. The Balaban J connectivity index is 1.82. The molecule has 1 aliphatic rings. The van der Waals surface area contributed by atoms with Crippen LogP contribution in [0.15, 0.2) is 34.1 Å². The normalized spacial score (nSPS) is 14.8. The van der Waals surface area contributed by atoms with Crippen molar-refractivity contribution in [2.45, 2.75) is 22.8 Å². The first kappa shape index (κ1) is 23.0. The molecule has 1 aromatic carbocycles. The highest BCUT2D eigenvalue weighted by Gasteiger charge is 2.31. The van der Waals surface area contributed by atoms with Crippen molar-refractivity contribution in [1.82, 2.24) is 19.4 Å². The fourth-order valence-corrected chi connectivity index (χ4v) is 5.41. The first-order valence-corrected chi connectivity index (χ1v) is 12.0. The molecule has 0 saturated carbocycles. The second-order valence-corrected chi connectivity index (χ2v) is 9.77. The van der Waals surface area contributed by atoms with Gasteiger partial charge in [0.15, 0.2) is 17.0 Å². The van der Waals surface area contributed by atoms with Crippen molar-refractivity contribution < 1.29 is 13.2 Å². The van der Waals surface area contributed by atoms with Crippen LogP contribution in [0.4, 0.5) is 5.82 Å². The summed E-state index contributed by atoms with van der Waals surface area (Å²) in [7, 11) is -4.11. The summed E-state index contributed by atoms with van der Waals surface area (Å²) < 4.78 is 33.9. The number of ether oxygens (including phenoxy) is 1. The first-order valence-electron chi connectivity index (χ1n) is 10.2. The topological polar surface area (TPSA) is 151 Å². The van der Waals surface area contributed by atoms with Crippen LogP contribution in [0.2, 0.25) is 5.02 Å². The molecule has 0 amide bonds. The molecule has 1 saturated heterocycles.